The second-order valence-corrected chi connectivity index (χ2v) is 5.12. The molecule has 3 aliphatic rings. The summed E-state index contributed by atoms with van der Waals surface area (Å²) in [6, 6.07) is 0. The van der Waals surface area contributed by atoms with Gasteiger partial charge in [0.2, 0.25) is 0 Å². The largest absolute Gasteiger partial charge is 0.398 e. The molecule has 0 saturated carbocycles. The van der Waals surface area contributed by atoms with E-state index in [1.807, 2.05) is 12.2 Å². The zero-order chi connectivity index (χ0) is 13.5. The van der Waals surface area contributed by atoms with E-state index in [1.165, 1.54) is 0 Å². The molecule has 0 bridgehead atoms. The van der Waals surface area contributed by atoms with Gasteiger partial charge in [0.15, 0.2) is 0 Å². The lowest BCUT2D eigenvalue weighted by Crippen LogP contribution is -2.50. The van der Waals surface area contributed by atoms with E-state index in [4.69, 9.17) is 10.7 Å². The molecule has 0 radical (unpaired) electrons. The fourth-order valence-corrected chi connectivity index (χ4v) is 2.77. The van der Waals surface area contributed by atoms with Gasteiger partial charge in [0, 0.05) is 29.7 Å². The monoisotopic (exact) mass is 256 g/mol. The van der Waals surface area contributed by atoms with Crippen molar-refractivity contribution in [2.45, 2.75) is 32.2 Å². The van der Waals surface area contributed by atoms with Crippen LogP contribution >= 0.6 is 0 Å². The first-order valence-electron chi connectivity index (χ1n) is 6.91. The average molecular weight is 256 g/mol. The van der Waals surface area contributed by atoms with E-state index in [0.717, 1.165) is 42.1 Å². The van der Waals surface area contributed by atoms with E-state index < -0.39 is 0 Å². The molecule has 100 valence electrons. The fraction of sp³-hybridized carbons (Fsp3) is 0.400. The maximum atomic E-state index is 6.15. The Labute approximate surface area is 114 Å². The highest BCUT2D eigenvalue weighted by molar-refractivity contribution is 5.97. The molecule has 0 aromatic heterocycles. The van der Waals surface area contributed by atoms with Crippen LogP contribution in [0.5, 0.6) is 0 Å². The third-order valence-electron chi connectivity index (χ3n) is 3.78. The molecule has 0 aromatic rings. The summed E-state index contributed by atoms with van der Waals surface area (Å²) in [7, 11) is 0. The van der Waals surface area contributed by atoms with Gasteiger partial charge in [0.1, 0.15) is 5.54 Å². The molecule has 4 nitrogen and oxygen atoms in total. The Morgan fingerprint density at radius 2 is 2.21 bits per heavy atom. The molecule has 1 spiro atoms. The summed E-state index contributed by atoms with van der Waals surface area (Å²) < 4.78 is 0. The van der Waals surface area contributed by atoms with Crippen molar-refractivity contribution in [2.75, 3.05) is 6.54 Å². The molecule has 1 atom stereocenters. The molecule has 2 heterocycles. The summed E-state index contributed by atoms with van der Waals surface area (Å²) >= 11 is 0. The Bertz CT molecular complexity index is 550. The van der Waals surface area contributed by atoms with Crippen LogP contribution in [0.1, 0.15) is 26.7 Å². The van der Waals surface area contributed by atoms with Crippen LogP contribution in [0.15, 0.2) is 52.5 Å². The summed E-state index contributed by atoms with van der Waals surface area (Å²) in [6.45, 7) is 5.25. The summed E-state index contributed by atoms with van der Waals surface area (Å²) in [6.07, 6.45) is 12.4. The van der Waals surface area contributed by atoms with Crippen LogP contribution in [-0.4, -0.2) is 22.8 Å². The number of hydrogen-bond acceptors (Lipinski definition) is 4. The number of nitrogens with zero attached hydrogens (tertiary/aromatic N) is 2. The molecule has 0 aromatic carbocycles. The zero-order valence-corrected chi connectivity index (χ0v) is 11.5. The molecule has 19 heavy (non-hydrogen) atoms. The van der Waals surface area contributed by atoms with Gasteiger partial charge in [-0.05, 0) is 31.1 Å². The minimum absolute atomic E-state index is 0.354. The van der Waals surface area contributed by atoms with Crippen molar-refractivity contribution in [1.29, 1.82) is 0 Å². The molecule has 3 rings (SSSR count). The number of dihydropyridines is 1. The van der Waals surface area contributed by atoms with Gasteiger partial charge < -0.3 is 10.7 Å². The van der Waals surface area contributed by atoms with Crippen LogP contribution in [-0.2, 0) is 0 Å². The molecule has 0 fully saturated rings. The second kappa shape index (κ2) is 4.38. The molecular weight excluding hydrogens is 236 g/mol. The van der Waals surface area contributed by atoms with Gasteiger partial charge in [0.05, 0.1) is 5.70 Å². The van der Waals surface area contributed by atoms with Crippen molar-refractivity contribution in [3.05, 3.63) is 47.5 Å². The number of nitrogens with one attached hydrogen (secondary N) is 1. The lowest BCUT2D eigenvalue weighted by molar-refractivity contribution is 0.256. The number of hydrogen-bond donors (Lipinski definition) is 2. The Kier molecular flexibility index (Phi) is 2.82. The minimum atomic E-state index is -0.354. The maximum Gasteiger partial charge on any atom is 0.126 e. The molecule has 3 N–H and O–H groups in total. The number of rotatable bonds is 3. The second-order valence-electron chi connectivity index (χ2n) is 5.12. The van der Waals surface area contributed by atoms with E-state index in [0.29, 0.717) is 0 Å². The average Bonchev–Trinajstić information content (AvgIpc) is 2.78. The first-order valence-corrected chi connectivity index (χ1v) is 6.91. The highest BCUT2D eigenvalue weighted by atomic mass is 15.5. The topological polar surface area (TPSA) is 53.6 Å². The number of aliphatic imine (C=N–C) groups is 1. The maximum absolute atomic E-state index is 6.15. The van der Waals surface area contributed by atoms with Gasteiger partial charge in [-0.3, -0.25) is 4.99 Å². The van der Waals surface area contributed by atoms with Crippen LogP contribution in [0.3, 0.4) is 0 Å². The minimum Gasteiger partial charge on any atom is -0.398 e. The Morgan fingerprint density at radius 1 is 1.37 bits per heavy atom. The van der Waals surface area contributed by atoms with Crippen molar-refractivity contribution in [3.8, 4) is 0 Å². The van der Waals surface area contributed by atoms with Crippen LogP contribution in [0, 0.1) is 0 Å². The molecule has 0 saturated heterocycles. The third-order valence-corrected chi connectivity index (χ3v) is 3.78. The van der Waals surface area contributed by atoms with Gasteiger partial charge in [0.25, 0.3) is 0 Å². The highest BCUT2D eigenvalue weighted by Crippen LogP contribution is 2.40. The number of nitrogens with two attached hydrogens (primary N) is 1. The van der Waals surface area contributed by atoms with Gasteiger partial charge >= 0.3 is 0 Å². The lowest BCUT2D eigenvalue weighted by Gasteiger charge is -2.36. The standard InChI is InChI=1S/C15H20N4/c1-3-9-19-10-12-13(16)5-6-14-15(12,18-19)8-7-11(4-2)17-14/h5-8,10,18H,3-4,9,16H2,1-2H3. The summed E-state index contributed by atoms with van der Waals surface area (Å²) in [5, 5.41) is 2.12. The fourth-order valence-electron chi connectivity index (χ4n) is 2.77. The van der Waals surface area contributed by atoms with Gasteiger partial charge in [-0.1, -0.05) is 19.9 Å². The summed E-state index contributed by atoms with van der Waals surface area (Å²) in [5.74, 6) is 0. The van der Waals surface area contributed by atoms with E-state index in [9.17, 15) is 0 Å². The van der Waals surface area contributed by atoms with Crippen LogP contribution in [0.2, 0.25) is 0 Å². The normalized spacial score (nSPS) is 28.2. The predicted molar refractivity (Wildman–Crippen MR) is 78.2 cm³/mol. The molecule has 0 amide bonds. The summed E-state index contributed by atoms with van der Waals surface area (Å²) in [4.78, 5) is 4.75. The molecule has 4 heteroatoms. The van der Waals surface area contributed by atoms with Crippen LogP contribution in [0.4, 0.5) is 0 Å². The van der Waals surface area contributed by atoms with Crippen LogP contribution < -0.4 is 11.2 Å². The molecule has 1 aliphatic carbocycles. The highest BCUT2D eigenvalue weighted by Gasteiger charge is 2.45. The van der Waals surface area contributed by atoms with Crippen molar-refractivity contribution in [3.63, 3.8) is 0 Å². The SMILES string of the molecule is CCCN1C=C2C(N)=CC=C3N=C(CC)C=CC32N1. The first-order chi connectivity index (χ1) is 9.19. The molecular formula is C15H20N4. The summed E-state index contributed by atoms with van der Waals surface area (Å²) in [5.41, 5.74) is 13.4. The van der Waals surface area contributed by atoms with Gasteiger partial charge in [-0.25, -0.2) is 5.43 Å². The van der Waals surface area contributed by atoms with Crippen molar-refractivity contribution in [2.24, 2.45) is 10.7 Å². The Balaban J connectivity index is 2.04. The third kappa shape index (κ3) is 1.75. The quantitative estimate of drug-likeness (QED) is 0.812. The van der Waals surface area contributed by atoms with Crippen molar-refractivity contribution < 1.29 is 0 Å². The van der Waals surface area contributed by atoms with Crippen molar-refractivity contribution in [1.82, 2.24) is 10.4 Å². The smallest absolute Gasteiger partial charge is 0.126 e. The van der Waals surface area contributed by atoms with E-state index >= 15 is 0 Å². The number of allylic oxidation sites excluding steroid dienone is 3. The van der Waals surface area contributed by atoms with E-state index in [1.54, 1.807) is 0 Å². The molecule has 2 aliphatic heterocycles. The van der Waals surface area contributed by atoms with Crippen molar-refractivity contribution >= 4 is 5.71 Å². The molecule has 1 unspecified atom stereocenters. The number of hydrazine groups is 1. The van der Waals surface area contributed by atoms with Crippen LogP contribution in [0.25, 0.3) is 0 Å². The Hall–Kier alpha value is -1.81. The van der Waals surface area contributed by atoms with E-state index in [-0.39, 0.29) is 5.54 Å². The van der Waals surface area contributed by atoms with Gasteiger partial charge in [-0.2, -0.15) is 0 Å². The first kappa shape index (κ1) is 12.2. The Morgan fingerprint density at radius 3 is 2.95 bits per heavy atom. The predicted octanol–water partition coefficient (Wildman–Crippen LogP) is 2.00. The zero-order valence-electron chi connectivity index (χ0n) is 11.5. The van der Waals surface area contributed by atoms with Gasteiger partial charge in [-0.15, -0.1) is 0 Å². The lowest BCUT2D eigenvalue weighted by atomic mass is 9.81. The van der Waals surface area contributed by atoms with E-state index in [2.05, 4.69) is 42.6 Å².